The number of rotatable bonds is 4. The molecule has 106 valence electrons. The average Bonchev–Trinajstić information content (AvgIpc) is 2.38. The van der Waals surface area contributed by atoms with Gasteiger partial charge in [0.25, 0.3) is 0 Å². The topological polar surface area (TPSA) is 32.3 Å². The smallest absolute Gasteiger partial charge is 0.126 e. The van der Waals surface area contributed by atoms with E-state index in [4.69, 9.17) is 0 Å². The highest BCUT2D eigenvalue weighted by molar-refractivity contribution is 9.10. The third-order valence-electron chi connectivity index (χ3n) is 3.31. The van der Waals surface area contributed by atoms with Crippen LogP contribution in [0.15, 0.2) is 46.9 Å². The molecule has 2 aromatic carbocycles. The van der Waals surface area contributed by atoms with Crippen molar-refractivity contribution >= 4 is 15.9 Å². The summed E-state index contributed by atoms with van der Waals surface area (Å²) in [6.07, 6.45) is 0. The first-order valence-corrected chi connectivity index (χ1v) is 7.26. The molecule has 0 aromatic heterocycles. The molecule has 1 unspecified atom stereocenters. The van der Waals surface area contributed by atoms with Gasteiger partial charge < -0.3 is 10.4 Å². The molecule has 2 rings (SSSR count). The van der Waals surface area contributed by atoms with Crippen molar-refractivity contribution in [2.45, 2.75) is 25.9 Å². The van der Waals surface area contributed by atoms with Gasteiger partial charge in [-0.25, -0.2) is 4.39 Å². The van der Waals surface area contributed by atoms with E-state index in [1.165, 1.54) is 6.07 Å². The number of phenols is 1. The third kappa shape index (κ3) is 3.58. The van der Waals surface area contributed by atoms with Crippen molar-refractivity contribution in [2.24, 2.45) is 0 Å². The highest BCUT2D eigenvalue weighted by Gasteiger charge is 2.14. The molecular formula is C16H17BrFNO. The summed E-state index contributed by atoms with van der Waals surface area (Å²) in [4.78, 5) is 0. The first-order chi connectivity index (χ1) is 9.47. The molecular weight excluding hydrogens is 321 g/mol. The van der Waals surface area contributed by atoms with E-state index in [1.54, 1.807) is 6.07 Å². The standard InChI is InChI=1S/C16H17BrFNO/c1-10(12-4-3-5-13(17)8-12)19-11(2)15-7-6-14(18)9-16(15)20/h3-11,19-20H,1-2H3/t10-,11?/m1/s1. The summed E-state index contributed by atoms with van der Waals surface area (Å²) in [5, 5.41) is 13.2. The molecule has 0 amide bonds. The fraction of sp³-hybridized carbons (Fsp3) is 0.250. The molecule has 0 bridgehead atoms. The number of halogens is 2. The number of hydrogen-bond acceptors (Lipinski definition) is 2. The molecule has 0 fully saturated rings. The molecule has 20 heavy (non-hydrogen) atoms. The molecule has 2 aromatic rings. The van der Waals surface area contributed by atoms with E-state index in [0.29, 0.717) is 5.56 Å². The Morgan fingerprint density at radius 3 is 2.50 bits per heavy atom. The molecule has 2 N–H and O–H groups in total. The number of nitrogens with one attached hydrogen (secondary N) is 1. The molecule has 0 saturated carbocycles. The van der Waals surface area contributed by atoms with E-state index in [2.05, 4.69) is 34.2 Å². The number of aromatic hydroxyl groups is 1. The fourth-order valence-electron chi connectivity index (χ4n) is 2.22. The lowest BCUT2D eigenvalue weighted by atomic mass is 10.0. The van der Waals surface area contributed by atoms with E-state index in [0.717, 1.165) is 16.1 Å². The summed E-state index contributed by atoms with van der Waals surface area (Å²) in [6.45, 7) is 4.00. The summed E-state index contributed by atoms with van der Waals surface area (Å²) in [5.41, 5.74) is 1.83. The highest BCUT2D eigenvalue weighted by atomic mass is 79.9. The molecule has 4 heteroatoms. The average molecular weight is 338 g/mol. The highest BCUT2D eigenvalue weighted by Crippen LogP contribution is 2.27. The van der Waals surface area contributed by atoms with E-state index < -0.39 is 5.82 Å². The van der Waals surface area contributed by atoms with Gasteiger partial charge in [0, 0.05) is 28.2 Å². The Kier molecular flexibility index (Phi) is 4.78. The van der Waals surface area contributed by atoms with Crippen LogP contribution in [0.1, 0.15) is 37.1 Å². The van der Waals surface area contributed by atoms with Crippen molar-refractivity contribution < 1.29 is 9.50 Å². The second-order valence-electron chi connectivity index (χ2n) is 4.87. The summed E-state index contributed by atoms with van der Waals surface area (Å²) in [7, 11) is 0. The van der Waals surface area contributed by atoms with Crippen molar-refractivity contribution in [3.8, 4) is 5.75 Å². The van der Waals surface area contributed by atoms with Crippen LogP contribution >= 0.6 is 15.9 Å². The van der Waals surface area contributed by atoms with Gasteiger partial charge in [0.2, 0.25) is 0 Å². The first-order valence-electron chi connectivity index (χ1n) is 6.47. The van der Waals surface area contributed by atoms with Gasteiger partial charge in [0.05, 0.1) is 0 Å². The van der Waals surface area contributed by atoms with Gasteiger partial charge in [-0.3, -0.25) is 0 Å². The maximum Gasteiger partial charge on any atom is 0.126 e. The monoisotopic (exact) mass is 337 g/mol. The molecule has 0 aliphatic carbocycles. The second kappa shape index (κ2) is 6.37. The zero-order valence-corrected chi connectivity index (χ0v) is 13.0. The Bertz CT molecular complexity index is 603. The van der Waals surface area contributed by atoms with E-state index in [1.807, 2.05) is 25.1 Å². The summed E-state index contributed by atoms with van der Waals surface area (Å²) < 4.78 is 14.0. The SMILES string of the molecule is CC(N[C@H](C)c1cccc(Br)c1)c1ccc(F)cc1O. The molecule has 0 spiro atoms. The number of benzene rings is 2. The third-order valence-corrected chi connectivity index (χ3v) is 3.80. The van der Waals surface area contributed by atoms with E-state index in [-0.39, 0.29) is 17.8 Å². The molecule has 0 aliphatic heterocycles. The lowest BCUT2D eigenvalue weighted by Crippen LogP contribution is -2.22. The predicted molar refractivity (Wildman–Crippen MR) is 82.2 cm³/mol. The summed E-state index contributed by atoms with van der Waals surface area (Å²) >= 11 is 3.45. The Morgan fingerprint density at radius 2 is 1.85 bits per heavy atom. The van der Waals surface area contributed by atoms with Gasteiger partial charge in [-0.1, -0.05) is 34.1 Å². The van der Waals surface area contributed by atoms with Gasteiger partial charge >= 0.3 is 0 Å². The van der Waals surface area contributed by atoms with Gasteiger partial charge in [-0.05, 0) is 37.6 Å². The quantitative estimate of drug-likeness (QED) is 0.847. The van der Waals surface area contributed by atoms with Crippen LogP contribution in [0.3, 0.4) is 0 Å². The fourth-order valence-corrected chi connectivity index (χ4v) is 2.64. The van der Waals surface area contributed by atoms with Crippen LogP contribution in [0.4, 0.5) is 4.39 Å². The van der Waals surface area contributed by atoms with Crippen LogP contribution in [0.2, 0.25) is 0 Å². The molecule has 0 saturated heterocycles. The molecule has 0 radical (unpaired) electrons. The van der Waals surface area contributed by atoms with Crippen LogP contribution in [0.25, 0.3) is 0 Å². The van der Waals surface area contributed by atoms with Crippen molar-refractivity contribution in [1.82, 2.24) is 5.32 Å². The van der Waals surface area contributed by atoms with Crippen LogP contribution in [0.5, 0.6) is 5.75 Å². The minimum atomic E-state index is -0.432. The molecule has 0 heterocycles. The maximum absolute atomic E-state index is 13.0. The number of phenolic OH excluding ortho intramolecular Hbond substituents is 1. The Labute approximate surface area is 126 Å². The second-order valence-corrected chi connectivity index (χ2v) is 5.78. The van der Waals surface area contributed by atoms with Crippen molar-refractivity contribution in [3.63, 3.8) is 0 Å². The van der Waals surface area contributed by atoms with Crippen LogP contribution in [-0.4, -0.2) is 5.11 Å². The van der Waals surface area contributed by atoms with Gasteiger partial charge in [-0.2, -0.15) is 0 Å². The Balaban J connectivity index is 2.12. The lowest BCUT2D eigenvalue weighted by molar-refractivity contribution is 0.434. The summed E-state index contributed by atoms with van der Waals surface area (Å²) in [5.74, 6) is -0.454. The van der Waals surface area contributed by atoms with Crippen molar-refractivity contribution in [3.05, 3.63) is 63.9 Å². The van der Waals surface area contributed by atoms with E-state index in [9.17, 15) is 9.50 Å². The Hall–Kier alpha value is -1.39. The number of hydrogen-bond donors (Lipinski definition) is 2. The lowest BCUT2D eigenvalue weighted by Gasteiger charge is -2.21. The van der Waals surface area contributed by atoms with E-state index >= 15 is 0 Å². The minimum absolute atomic E-state index is 0.0218. The zero-order chi connectivity index (χ0) is 14.7. The van der Waals surface area contributed by atoms with Gasteiger partial charge in [0.1, 0.15) is 11.6 Å². The zero-order valence-electron chi connectivity index (χ0n) is 11.4. The normalized spacial score (nSPS) is 14.0. The summed E-state index contributed by atoms with van der Waals surface area (Å²) in [6, 6.07) is 12.2. The van der Waals surface area contributed by atoms with Crippen molar-refractivity contribution in [2.75, 3.05) is 0 Å². The maximum atomic E-state index is 13.0. The molecule has 0 aliphatic rings. The van der Waals surface area contributed by atoms with Crippen LogP contribution in [0, 0.1) is 5.82 Å². The van der Waals surface area contributed by atoms with Crippen LogP contribution in [-0.2, 0) is 0 Å². The molecule has 2 atom stereocenters. The van der Waals surface area contributed by atoms with Gasteiger partial charge in [-0.15, -0.1) is 0 Å². The Morgan fingerprint density at radius 1 is 1.10 bits per heavy atom. The predicted octanol–water partition coefficient (Wildman–Crippen LogP) is 4.71. The first kappa shape index (κ1) is 15.0. The van der Waals surface area contributed by atoms with Crippen LogP contribution < -0.4 is 5.32 Å². The minimum Gasteiger partial charge on any atom is -0.508 e. The van der Waals surface area contributed by atoms with Crippen molar-refractivity contribution in [1.29, 1.82) is 0 Å². The largest absolute Gasteiger partial charge is 0.508 e. The molecule has 2 nitrogen and oxygen atoms in total. The van der Waals surface area contributed by atoms with Gasteiger partial charge in [0.15, 0.2) is 0 Å².